The lowest BCUT2D eigenvalue weighted by Gasteiger charge is -2.12. The number of methoxy groups -OCH3 is 1. The zero-order chi connectivity index (χ0) is 13.8. The summed E-state index contributed by atoms with van der Waals surface area (Å²) in [5.74, 6) is 0.764. The fraction of sp³-hybridized carbons (Fsp3) is 0.429. The van der Waals surface area contributed by atoms with Gasteiger partial charge in [-0.25, -0.2) is 9.78 Å². The zero-order valence-electron chi connectivity index (χ0n) is 11.5. The van der Waals surface area contributed by atoms with Gasteiger partial charge in [-0.2, -0.15) is 0 Å². The molecule has 2 aromatic rings. The van der Waals surface area contributed by atoms with Gasteiger partial charge in [-0.15, -0.1) is 0 Å². The van der Waals surface area contributed by atoms with Crippen LogP contribution in [0, 0.1) is 0 Å². The number of pyridine rings is 1. The average Bonchev–Trinajstić information content (AvgIpc) is 2.83. The van der Waals surface area contributed by atoms with Crippen molar-refractivity contribution in [1.82, 2.24) is 14.7 Å². The number of hydrogen-bond donors (Lipinski definition) is 1. The molecule has 0 bridgehead atoms. The molecule has 19 heavy (non-hydrogen) atoms. The molecule has 102 valence electrons. The van der Waals surface area contributed by atoms with Crippen LogP contribution in [0.15, 0.2) is 24.4 Å². The fourth-order valence-electron chi connectivity index (χ4n) is 2.26. The van der Waals surface area contributed by atoms with Crippen molar-refractivity contribution in [2.45, 2.75) is 19.3 Å². The van der Waals surface area contributed by atoms with Crippen LogP contribution in [0.4, 0.5) is 0 Å². The van der Waals surface area contributed by atoms with Gasteiger partial charge in [-0.05, 0) is 25.6 Å². The Labute approximate surface area is 112 Å². The van der Waals surface area contributed by atoms with Crippen molar-refractivity contribution in [2.24, 2.45) is 0 Å². The molecule has 2 rings (SSSR count). The van der Waals surface area contributed by atoms with E-state index in [1.807, 2.05) is 35.8 Å². The minimum Gasteiger partial charge on any atom is -0.464 e. The van der Waals surface area contributed by atoms with Crippen LogP contribution in [-0.2, 0) is 4.74 Å². The van der Waals surface area contributed by atoms with Crippen molar-refractivity contribution in [2.75, 3.05) is 20.7 Å². The molecule has 0 aliphatic heterocycles. The number of likely N-dealkylation sites (N-methyl/N-ethyl adjacent to an activating group) is 1. The van der Waals surface area contributed by atoms with E-state index in [1.54, 1.807) is 0 Å². The Kier molecular flexibility index (Phi) is 4.16. The standard InChI is InChI=1S/C14H19N3O2/c1-4-10(9-15-2)13-16-12(14(18)19-3)11-7-5-6-8-17(11)13/h5-8,10,15H,4,9H2,1-3H3. The van der Waals surface area contributed by atoms with Crippen LogP contribution < -0.4 is 5.32 Å². The van der Waals surface area contributed by atoms with Gasteiger partial charge in [0, 0.05) is 18.7 Å². The zero-order valence-corrected chi connectivity index (χ0v) is 11.5. The number of imidazole rings is 1. The summed E-state index contributed by atoms with van der Waals surface area (Å²) in [6.45, 7) is 2.94. The second-order valence-corrected chi connectivity index (χ2v) is 4.43. The lowest BCUT2D eigenvalue weighted by molar-refractivity contribution is 0.0596. The Morgan fingerprint density at radius 2 is 2.32 bits per heavy atom. The lowest BCUT2D eigenvalue weighted by atomic mass is 10.1. The van der Waals surface area contributed by atoms with E-state index in [0.717, 1.165) is 24.3 Å². The van der Waals surface area contributed by atoms with Gasteiger partial charge < -0.3 is 14.5 Å². The van der Waals surface area contributed by atoms with E-state index in [0.29, 0.717) is 5.69 Å². The molecule has 0 aromatic carbocycles. The van der Waals surface area contributed by atoms with Crippen LogP contribution in [0.25, 0.3) is 5.52 Å². The average molecular weight is 261 g/mol. The molecule has 0 radical (unpaired) electrons. The maximum atomic E-state index is 11.8. The van der Waals surface area contributed by atoms with Crippen LogP contribution >= 0.6 is 0 Å². The quantitative estimate of drug-likeness (QED) is 0.834. The molecule has 0 saturated carbocycles. The molecule has 2 heterocycles. The summed E-state index contributed by atoms with van der Waals surface area (Å²) >= 11 is 0. The number of hydrogen-bond acceptors (Lipinski definition) is 4. The number of rotatable bonds is 5. The molecule has 1 atom stereocenters. The highest BCUT2D eigenvalue weighted by atomic mass is 16.5. The van der Waals surface area contributed by atoms with Gasteiger partial charge in [0.1, 0.15) is 5.82 Å². The second kappa shape index (κ2) is 5.84. The third kappa shape index (κ3) is 2.46. The fourth-order valence-corrected chi connectivity index (χ4v) is 2.26. The predicted molar refractivity (Wildman–Crippen MR) is 73.5 cm³/mol. The predicted octanol–water partition coefficient (Wildman–Crippen LogP) is 1.83. The van der Waals surface area contributed by atoms with Crippen LogP contribution in [0.1, 0.15) is 35.6 Å². The summed E-state index contributed by atoms with van der Waals surface area (Å²) in [5, 5.41) is 3.16. The summed E-state index contributed by atoms with van der Waals surface area (Å²) in [5.41, 5.74) is 1.17. The highest BCUT2D eigenvalue weighted by Gasteiger charge is 2.21. The molecule has 0 amide bonds. The van der Waals surface area contributed by atoms with Gasteiger partial charge >= 0.3 is 5.97 Å². The molecular formula is C14H19N3O2. The molecule has 2 aromatic heterocycles. The minimum atomic E-state index is -0.394. The number of ether oxygens (including phenoxy) is 1. The third-order valence-corrected chi connectivity index (χ3v) is 3.26. The van der Waals surface area contributed by atoms with E-state index < -0.39 is 5.97 Å². The van der Waals surface area contributed by atoms with E-state index in [-0.39, 0.29) is 5.92 Å². The van der Waals surface area contributed by atoms with Gasteiger partial charge in [0.05, 0.1) is 12.6 Å². The highest BCUT2D eigenvalue weighted by Crippen LogP contribution is 2.22. The van der Waals surface area contributed by atoms with Crippen LogP contribution in [-0.4, -0.2) is 36.1 Å². The summed E-state index contributed by atoms with van der Waals surface area (Å²) in [7, 11) is 3.29. The highest BCUT2D eigenvalue weighted by molar-refractivity contribution is 5.95. The number of nitrogens with zero attached hydrogens (tertiary/aromatic N) is 2. The number of aromatic nitrogens is 2. The Bertz CT molecular complexity index is 577. The van der Waals surface area contributed by atoms with E-state index in [2.05, 4.69) is 17.2 Å². The Balaban J connectivity index is 2.58. The SMILES string of the molecule is CCC(CNC)c1nc(C(=O)OC)c2ccccn12. The van der Waals surface area contributed by atoms with Crippen molar-refractivity contribution >= 4 is 11.5 Å². The summed E-state index contributed by atoms with van der Waals surface area (Å²) in [6, 6.07) is 5.71. The lowest BCUT2D eigenvalue weighted by Crippen LogP contribution is -2.18. The van der Waals surface area contributed by atoms with Crippen LogP contribution in [0.2, 0.25) is 0 Å². The molecule has 0 aliphatic carbocycles. The first kappa shape index (κ1) is 13.5. The Morgan fingerprint density at radius 1 is 1.53 bits per heavy atom. The number of esters is 1. The first-order chi connectivity index (χ1) is 9.22. The molecule has 5 heteroatoms. The van der Waals surface area contributed by atoms with E-state index in [9.17, 15) is 4.79 Å². The van der Waals surface area contributed by atoms with E-state index in [4.69, 9.17) is 4.74 Å². The van der Waals surface area contributed by atoms with Gasteiger partial charge in [-0.1, -0.05) is 13.0 Å². The van der Waals surface area contributed by atoms with E-state index >= 15 is 0 Å². The molecular weight excluding hydrogens is 242 g/mol. The topological polar surface area (TPSA) is 55.6 Å². The summed E-state index contributed by atoms with van der Waals surface area (Å²) < 4.78 is 6.77. The largest absolute Gasteiger partial charge is 0.464 e. The smallest absolute Gasteiger partial charge is 0.358 e. The third-order valence-electron chi connectivity index (χ3n) is 3.26. The van der Waals surface area contributed by atoms with Crippen molar-refractivity contribution in [1.29, 1.82) is 0 Å². The molecule has 5 nitrogen and oxygen atoms in total. The molecule has 1 unspecified atom stereocenters. The first-order valence-electron chi connectivity index (χ1n) is 6.42. The monoisotopic (exact) mass is 261 g/mol. The van der Waals surface area contributed by atoms with Crippen LogP contribution in [0.3, 0.4) is 0 Å². The molecule has 0 aliphatic rings. The number of carbonyl (C=O) groups excluding carboxylic acids is 1. The number of fused-ring (bicyclic) bond motifs is 1. The van der Waals surface area contributed by atoms with Gasteiger partial charge in [-0.3, -0.25) is 0 Å². The maximum absolute atomic E-state index is 11.8. The van der Waals surface area contributed by atoms with Gasteiger partial charge in [0.2, 0.25) is 0 Å². The summed E-state index contributed by atoms with van der Waals surface area (Å²) in [6.07, 6.45) is 2.89. The van der Waals surface area contributed by atoms with Gasteiger partial charge in [0.15, 0.2) is 5.69 Å². The number of nitrogens with one attached hydrogen (secondary N) is 1. The normalized spacial score (nSPS) is 12.6. The van der Waals surface area contributed by atoms with Crippen molar-refractivity contribution in [3.63, 3.8) is 0 Å². The van der Waals surface area contributed by atoms with Crippen LogP contribution in [0.5, 0.6) is 0 Å². The maximum Gasteiger partial charge on any atom is 0.358 e. The van der Waals surface area contributed by atoms with E-state index in [1.165, 1.54) is 7.11 Å². The minimum absolute atomic E-state index is 0.262. The molecule has 0 saturated heterocycles. The first-order valence-corrected chi connectivity index (χ1v) is 6.42. The Hall–Kier alpha value is -1.88. The Morgan fingerprint density at radius 3 is 2.95 bits per heavy atom. The molecule has 1 N–H and O–H groups in total. The van der Waals surface area contributed by atoms with Crippen molar-refractivity contribution < 1.29 is 9.53 Å². The van der Waals surface area contributed by atoms with Crippen molar-refractivity contribution in [3.05, 3.63) is 35.9 Å². The van der Waals surface area contributed by atoms with Gasteiger partial charge in [0.25, 0.3) is 0 Å². The molecule has 0 fully saturated rings. The second-order valence-electron chi connectivity index (χ2n) is 4.43. The van der Waals surface area contributed by atoms with Crippen molar-refractivity contribution in [3.8, 4) is 0 Å². The molecule has 0 spiro atoms. The number of carbonyl (C=O) groups is 1. The summed E-state index contributed by atoms with van der Waals surface area (Å²) in [4.78, 5) is 16.3.